The van der Waals surface area contributed by atoms with Crippen molar-refractivity contribution in [1.29, 1.82) is 0 Å². The number of carbonyl (C=O) groups is 2. The van der Waals surface area contributed by atoms with E-state index in [1.165, 1.54) is 6.92 Å². The topological polar surface area (TPSA) is 121 Å². The molecule has 2 bridgehead atoms. The molecule has 0 saturated carbocycles. The number of alkyl halides is 5. The number of hydrogen-bond acceptors (Lipinski definition) is 8. The second-order valence-electron chi connectivity index (χ2n) is 10.9. The number of nitrogens with one attached hydrogen (secondary N) is 2. The number of pyridine rings is 1. The maximum Gasteiger partial charge on any atom is 0.408 e. The molecule has 5 rings (SSSR count). The Balaban J connectivity index is 1.51. The lowest BCUT2D eigenvalue weighted by molar-refractivity contribution is -0.142. The molecule has 2 N–H and O–H groups in total. The predicted molar refractivity (Wildman–Crippen MR) is 145 cm³/mol. The maximum absolute atomic E-state index is 14.3. The van der Waals surface area contributed by atoms with Crippen LogP contribution in [0.2, 0.25) is 0 Å². The van der Waals surface area contributed by atoms with Gasteiger partial charge in [-0.05, 0) is 51.0 Å². The van der Waals surface area contributed by atoms with Crippen molar-refractivity contribution in [2.75, 3.05) is 16.8 Å². The number of fused-ring (bicyclic) bond motifs is 2. The van der Waals surface area contributed by atoms with Gasteiger partial charge in [0.1, 0.15) is 27.4 Å². The molecular formula is C26H30F5N5O4S2. The van der Waals surface area contributed by atoms with E-state index in [9.17, 15) is 40.0 Å². The van der Waals surface area contributed by atoms with E-state index in [0.717, 1.165) is 37.9 Å². The first kappa shape index (κ1) is 30.6. The molecule has 3 aliphatic heterocycles. The van der Waals surface area contributed by atoms with Gasteiger partial charge in [-0.25, -0.2) is 27.2 Å². The number of amides is 2. The lowest BCUT2D eigenvalue weighted by Crippen LogP contribution is -2.41. The fourth-order valence-corrected chi connectivity index (χ4v) is 8.39. The summed E-state index contributed by atoms with van der Waals surface area (Å²) < 4.78 is 92.1. The van der Waals surface area contributed by atoms with Gasteiger partial charge >= 0.3 is 6.18 Å². The van der Waals surface area contributed by atoms with Crippen molar-refractivity contribution >= 4 is 38.8 Å². The molecule has 2 aromatic heterocycles. The summed E-state index contributed by atoms with van der Waals surface area (Å²) in [7, 11) is -3.17. The quantitative estimate of drug-likeness (QED) is 0.393. The van der Waals surface area contributed by atoms with Crippen molar-refractivity contribution < 1.29 is 40.0 Å². The van der Waals surface area contributed by atoms with Crippen molar-refractivity contribution in [2.24, 2.45) is 0 Å². The van der Waals surface area contributed by atoms with Crippen LogP contribution >= 0.6 is 11.3 Å². The van der Waals surface area contributed by atoms with Gasteiger partial charge in [-0.1, -0.05) is 6.92 Å². The third-order valence-electron chi connectivity index (χ3n) is 8.14. The molecule has 2 amide bonds. The van der Waals surface area contributed by atoms with Crippen LogP contribution in [0.15, 0.2) is 12.3 Å². The molecule has 0 radical (unpaired) electrons. The zero-order chi connectivity index (χ0) is 30.4. The minimum atomic E-state index is -4.63. The molecule has 1 atom stereocenters. The van der Waals surface area contributed by atoms with Crippen LogP contribution in [0.4, 0.5) is 27.8 Å². The molecular weight excluding hydrogens is 605 g/mol. The van der Waals surface area contributed by atoms with E-state index < -0.39 is 57.7 Å². The average Bonchev–Trinajstić information content (AvgIpc) is 3.66. The van der Waals surface area contributed by atoms with E-state index in [4.69, 9.17) is 0 Å². The van der Waals surface area contributed by atoms with Crippen molar-refractivity contribution in [3.63, 3.8) is 0 Å². The molecule has 3 saturated heterocycles. The Morgan fingerprint density at radius 2 is 1.71 bits per heavy atom. The Morgan fingerprint density at radius 3 is 2.26 bits per heavy atom. The second-order valence-corrected chi connectivity index (χ2v) is 14.2. The highest BCUT2D eigenvalue weighted by molar-refractivity contribution is 7.91. The summed E-state index contributed by atoms with van der Waals surface area (Å²) in [6, 6.07) is -1.66. The van der Waals surface area contributed by atoms with Gasteiger partial charge in [-0.15, -0.1) is 11.3 Å². The van der Waals surface area contributed by atoms with Gasteiger partial charge in [0, 0.05) is 35.4 Å². The fourth-order valence-electron chi connectivity index (χ4n) is 5.91. The lowest BCUT2D eigenvalue weighted by atomic mass is 10.0. The zero-order valence-corrected chi connectivity index (χ0v) is 24.2. The van der Waals surface area contributed by atoms with Gasteiger partial charge in [-0.2, -0.15) is 13.2 Å². The molecule has 3 fully saturated rings. The fraction of sp³-hybridized carbons (Fsp3) is 0.615. The third kappa shape index (κ3) is 6.24. The first-order valence-corrected chi connectivity index (χ1v) is 16.4. The molecule has 0 unspecified atom stereocenters. The largest absolute Gasteiger partial charge is 0.408 e. The number of halogens is 5. The smallest absolute Gasteiger partial charge is 0.359 e. The van der Waals surface area contributed by atoms with Crippen molar-refractivity contribution in [3.8, 4) is 10.4 Å². The number of anilines is 1. The highest BCUT2D eigenvalue weighted by atomic mass is 32.2. The standard InChI is InChI=1S/C26H30F5N5O4S2/c1-2-18(26(29,30)31)34-19-11-16(22(27)28)17(12-32-19)21-20(25(38)36-14-3-4-15(36)6-5-14)35-24(41-21)23(37)33-13-7-9-42(39,40)10-8-13/h11-15,18,22H,2-10H2,1H3,(H,32,34)(H,33,37)/t14-,15-,18-/m0/s1. The number of aromatic nitrogens is 2. The molecule has 16 heteroatoms. The molecule has 0 aromatic carbocycles. The van der Waals surface area contributed by atoms with E-state index in [0.29, 0.717) is 11.3 Å². The average molecular weight is 636 g/mol. The Morgan fingerprint density at radius 1 is 1.10 bits per heavy atom. The molecule has 42 heavy (non-hydrogen) atoms. The first-order chi connectivity index (χ1) is 19.8. The van der Waals surface area contributed by atoms with Crippen LogP contribution in [0, 0.1) is 0 Å². The molecule has 230 valence electrons. The lowest BCUT2D eigenvalue weighted by Gasteiger charge is -2.22. The summed E-state index contributed by atoms with van der Waals surface area (Å²) in [6.07, 6.45) is -3.52. The highest BCUT2D eigenvalue weighted by Gasteiger charge is 2.44. The van der Waals surface area contributed by atoms with Gasteiger partial charge in [-0.3, -0.25) is 9.59 Å². The van der Waals surface area contributed by atoms with Crippen LogP contribution in [0.25, 0.3) is 10.4 Å². The minimum Gasteiger partial charge on any atom is -0.359 e. The molecule has 3 aliphatic rings. The summed E-state index contributed by atoms with van der Waals surface area (Å²) in [4.78, 5) is 36.8. The normalized spacial score (nSPS) is 22.9. The summed E-state index contributed by atoms with van der Waals surface area (Å²) in [5.74, 6) is -1.74. The maximum atomic E-state index is 14.3. The van der Waals surface area contributed by atoms with E-state index in [1.807, 2.05) is 0 Å². The summed E-state index contributed by atoms with van der Waals surface area (Å²) in [5.41, 5.74) is -1.05. The Bertz CT molecular complexity index is 1430. The van der Waals surface area contributed by atoms with Gasteiger partial charge in [0.15, 0.2) is 5.01 Å². The van der Waals surface area contributed by atoms with Crippen molar-refractivity contribution in [1.82, 2.24) is 20.2 Å². The summed E-state index contributed by atoms with van der Waals surface area (Å²) >= 11 is 0.717. The Hall–Kier alpha value is -2.88. The SMILES string of the molecule is CC[C@H](Nc1cc(C(F)F)c(-c2sc(C(=O)NC3CCS(=O)(=O)CC3)nc2C(=O)N2[C@H]3CC[C@H]2CC3)cn1)C(F)(F)F. The second kappa shape index (κ2) is 11.7. The van der Waals surface area contributed by atoms with E-state index in [2.05, 4.69) is 20.6 Å². The van der Waals surface area contributed by atoms with Gasteiger partial charge in [0.05, 0.1) is 16.4 Å². The van der Waals surface area contributed by atoms with Crippen molar-refractivity contribution in [2.45, 2.75) is 88.6 Å². The van der Waals surface area contributed by atoms with Crippen LogP contribution in [0.5, 0.6) is 0 Å². The molecule has 5 heterocycles. The minimum absolute atomic E-state index is 0.0221. The number of thiazole rings is 1. The van der Waals surface area contributed by atoms with Crippen LogP contribution in [0.3, 0.4) is 0 Å². The molecule has 9 nitrogen and oxygen atoms in total. The Labute approximate surface area is 243 Å². The van der Waals surface area contributed by atoms with E-state index in [-0.39, 0.29) is 64.0 Å². The first-order valence-electron chi connectivity index (χ1n) is 13.7. The Kier molecular flexibility index (Phi) is 8.49. The van der Waals surface area contributed by atoms with Gasteiger partial charge in [0.2, 0.25) is 0 Å². The van der Waals surface area contributed by atoms with Crippen LogP contribution in [-0.4, -0.2) is 76.9 Å². The summed E-state index contributed by atoms with van der Waals surface area (Å²) in [6.45, 7) is 1.30. The van der Waals surface area contributed by atoms with Crippen LogP contribution in [0.1, 0.15) is 84.1 Å². The molecule has 0 spiro atoms. The number of carbonyl (C=O) groups excluding carboxylic acids is 2. The van der Waals surface area contributed by atoms with Gasteiger partial charge < -0.3 is 15.5 Å². The third-order valence-corrected chi connectivity index (χ3v) is 10.9. The summed E-state index contributed by atoms with van der Waals surface area (Å²) in [5, 5.41) is 4.72. The van der Waals surface area contributed by atoms with Gasteiger partial charge in [0.25, 0.3) is 18.2 Å². The predicted octanol–water partition coefficient (Wildman–Crippen LogP) is 4.97. The van der Waals surface area contributed by atoms with E-state index >= 15 is 0 Å². The van der Waals surface area contributed by atoms with Crippen LogP contribution < -0.4 is 10.6 Å². The zero-order valence-electron chi connectivity index (χ0n) is 22.6. The van der Waals surface area contributed by atoms with Crippen LogP contribution in [-0.2, 0) is 9.84 Å². The van der Waals surface area contributed by atoms with Crippen molar-refractivity contribution in [3.05, 3.63) is 28.5 Å². The number of rotatable bonds is 8. The monoisotopic (exact) mass is 635 g/mol. The molecule has 2 aromatic rings. The number of hydrogen-bond donors (Lipinski definition) is 2. The molecule has 0 aliphatic carbocycles. The van der Waals surface area contributed by atoms with E-state index in [1.54, 1.807) is 4.90 Å². The highest BCUT2D eigenvalue weighted by Crippen LogP contribution is 2.42. The number of sulfone groups is 1. The number of nitrogens with zero attached hydrogens (tertiary/aromatic N) is 3.